The van der Waals surface area contributed by atoms with Crippen LogP contribution in [0, 0.1) is 18.3 Å². The predicted molar refractivity (Wildman–Crippen MR) is 148 cm³/mol. The van der Waals surface area contributed by atoms with Crippen molar-refractivity contribution in [1.82, 2.24) is 20.3 Å². The molecule has 0 aliphatic heterocycles. The Balaban J connectivity index is 1.29. The second kappa shape index (κ2) is 10.5. The first-order valence-electron chi connectivity index (χ1n) is 15.0. The van der Waals surface area contributed by atoms with Crippen molar-refractivity contribution < 1.29 is 13.8 Å². The Labute approximate surface area is 230 Å². The minimum absolute atomic E-state index is 0.00543. The second-order valence-electron chi connectivity index (χ2n) is 12.4. The molecule has 208 valence electrons. The Morgan fingerprint density at radius 2 is 1.77 bits per heavy atom. The number of hydrogen-bond acceptors (Lipinski definition) is 7. The number of fused-ring (bicyclic) bond motifs is 3. The average molecular weight is 532 g/mol. The standard InChI is InChI=1S/C31H41N5O3/c1-4-26-33-28(38-35-26)24-11-8-12-25(20-24)36(27(37)19-23-9-6-5-7-10-23)21(2)30-13-16-31(17-14-30,18-15-30)29-32-22(3)34-39-29/h8,11-12,20-21,23H,4-7,9-10,13-19H2,1-3H3. The molecule has 3 aromatic rings. The maximum Gasteiger partial charge on any atom is 0.257 e. The van der Waals surface area contributed by atoms with Crippen LogP contribution in [0.1, 0.15) is 108 Å². The molecule has 0 radical (unpaired) electrons. The Hall–Kier alpha value is -3.03. The average Bonchev–Trinajstić information content (AvgIpc) is 3.65. The molecule has 2 aromatic heterocycles. The van der Waals surface area contributed by atoms with Crippen LogP contribution in [0.5, 0.6) is 0 Å². The summed E-state index contributed by atoms with van der Waals surface area (Å²) in [7, 11) is 0. The van der Waals surface area contributed by atoms with Gasteiger partial charge in [-0.1, -0.05) is 42.6 Å². The van der Waals surface area contributed by atoms with Gasteiger partial charge in [0.05, 0.1) is 0 Å². The van der Waals surface area contributed by atoms with Crippen LogP contribution >= 0.6 is 0 Å². The van der Waals surface area contributed by atoms with Crippen molar-refractivity contribution >= 4 is 11.6 Å². The fraction of sp³-hybridized carbons (Fsp3) is 0.645. The third-order valence-electron chi connectivity index (χ3n) is 10.2. The van der Waals surface area contributed by atoms with E-state index in [1.54, 1.807) is 0 Å². The van der Waals surface area contributed by atoms with Gasteiger partial charge in [-0.05, 0) is 94.7 Å². The zero-order valence-electron chi connectivity index (χ0n) is 23.6. The lowest BCUT2D eigenvalue weighted by Gasteiger charge is -2.56. The van der Waals surface area contributed by atoms with E-state index in [-0.39, 0.29) is 22.8 Å². The maximum absolute atomic E-state index is 14.2. The summed E-state index contributed by atoms with van der Waals surface area (Å²) in [5, 5.41) is 8.17. The van der Waals surface area contributed by atoms with Gasteiger partial charge in [0, 0.05) is 35.5 Å². The minimum Gasteiger partial charge on any atom is -0.339 e. The van der Waals surface area contributed by atoms with Gasteiger partial charge in [0.15, 0.2) is 11.6 Å². The van der Waals surface area contributed by atoms with Gasteiger partial charge >= 0.3 is 0 Å². The van der Waals surface area contributed by atoms with Gasteiger partial charge in [0.2, 0.25) is 11.8 Å². The minimum atomic E-state index is -0.00543. The summed E-state index contributed by atoms with van der Waals surface area (Å²) in [6, 6.07) is 8.22. The van der Waals surface area contributed by atoms with Gasteiger partial charge in [0.25, 0.3) is 5.89 Å². The normalized spacial score (nSPS) is 26.0. The van der Waals surface area contributed by atoms with Crippen LogP contribution in [-0.2, 0) is 16.6 Å². The number of amides is 1. The van der Waals surface area contributed by atoms with E-state index in [4.69, 9.17) is 9.05 Å². The van der Waals surface area contributed by atoms with Crippen molar-refractivity contribution in [3.63, 3.8) is 0 Å². The van der Waals surface area contributed by atoms with Crippen molar-refractivity contribution in [3.05, 3.63) is 41.8 Å². The highest BCUT2D eigenvalue weighted by Gasteiger charge is 2.55. The lowest BCUT2D eigenvalue weighted by molar-refractivity contribution is -0.121. The van der Waals surface area contributed by atoms with Gasteiger partial charge in [-0.15, -0.1) is 0 Å². The van der Waals surface area contributed by atoms with Crippen molar-refractivity contribution in [3.8, 4) is 11.5 Å². The summed E-state index contributed by atoms with van der Waals surface area (Å²) in [6.07, 6.45) is 13.7. The van der Waals surface area contributed by atoms with E-state index in [2.05, 4.69) is 44.2 Å². The summed E-state index contributed by atoms with van der Waals surface area (Å²) in [5.74, 6) is 3.45. The van der Waals surface area contributed by atoms with E-state index in [9.17, 15) is 4.79 Å². The number of aryl methyl sites for hydroxylation is 2. The Morgan fingerprint density at radius 3 is 2.41 bits per heavy atom. The third kappa shape index (κ3) is 4.91. The molecule has 0 saturated heterocycles. The summed E-state index contributed by atoms with van der Waals surface area (Å²) in [4.78, 5) is 25.5. The molecule has 4 fully saturated rings. The number of nitrogens with zero attached hydrogens (tertiary/aromatic N) is 5. The number of hydrogen-bond donors (Lipinski definition) is 0. The van der Waals surface area contributed by atoms with E-state index in [0.29, 0.717) is 29.9 Å². The van der Waals surface area contributed by atoms with Crippen molar-refractivity contribution in [2.45, 2.75) is 116 Å². The summed E-state index contributed by atoms with van der Waals surface area (Å²) in [6.45, 7) is 6.19. The number of benzene rings is 1. The SMILES string of the molecule is CCc1noc(-c2cccc(N(C(=O)CC3CCCCC3)C(C)C34CCC(c5nc(C)no5)(CC3)CC4)c2)n1. The lowest BCUT2D eigenvalue weighted by atomic mass is 9.51. The second-order valence-corrected chi connectivity index (χ2v) is 12.4. The number of aromatic nitrogens is 4. The van der Waals surface area contributed by atoms with E-state index < -0.39 is 0 Å². The van der Waals surface area contributed by atoms with Gasteiger partial charge in [-0.2, -0.15) is 9.97 Å². The highest BCUT2D eigenvalue weighted by Crippen LogP contribution is 2.59. The molecule has 8 nitrogen and oxygen atoms in total. The monoisotopic (exact) mass is 531 g/mol. The fourth-order valence-corrected chi connectivity index (χ4v) is 7.57. The van der Waals surface area contributed by atoms with Crippen molar-refractivity contribution in [2.75, 3.05) is 4.90 Å². The number of carbonyl (C=O) groups is 1. The van der Waals surface area contributed by atoms with Crippen molar-refractivity contribution in [2.24, 2.45) is 11.3 Å². The first-order valence-corrected chi connectivity index (χ1v) is 15.0. The quantitative estimate of drug-likeness (QED) is 0.309. The van der Waals surface area contributed by atoms with Crippen LogP contribution < -0.4 is 4.90 Å². The molecule has 1 aromatic carbocycles. The van der Waals surface area contributed by atoms with Gasteiger partial charge < -0.3 is 13.9 Å². The summed E-state index contributed by atoms with van der Waals surface area (Å²) in [5.41, 5.74) is 1.86. The first-order chi connectivity index (χ1) is 18.9. The van der Waals surface area contributed by atoms with Crippen LogP contribution in [0.15, 0.2) is 33.3 Å². The number of anilines is 1. The van der Waals surface area contributed by atoms with Crippen LogP contribution in [0.2, 0.25) is 0 Å². The van der Waals surface area contributed by atoms with E-state index in [0.717, 1.165) is 74.9 Å². The Morgan fingerprint density at radius 1 is 1.03 bits per heavy atom. The predicted octanol–water partition coefficient (Wildman–Crippen LogP) is 6.97. The number of rotatable bonds is 8. The molecule has 1 amide bonds. The highest BCUT2D eigenvalue weighted by atomic mass is 16.5. The molecule has 2 bridgehead atoms. The number of carbonyl (C=O) groups excluding carboxylic acids is 1. The highest BCUT2D eigenvalue weighted by molar-refractivity contribution is 5.94. The van der Waals surface area contributed by atoms with Gasteiger partial charge in [-0.25, -0.2) is 0 Å². The smallest absolute Gasteiger partial charge is 0.257 e. The van der Waals surface area contributed by atoms with E-state index in [1.807, 2.05) is 26.0 Å². The van der Waals surface area contributed by atoms with Gasteiger partial charge in [0.1, 0.15) is 0 Å². The molecule has 8 heteroatoms. The Bertz CT molecular complexity index is 1280. The molecule has 39 heavy (non-hydrogen) atoms. The Kier molecular flexibility index (Phi) is 7.06. The van der Waals surface area contributed by atoms with Crippen molar-refractivity contribution in [1.29, 1.82) is 0 Å². The third-order valence-corrected chi connectivity index (χ3v) is 10.2. The van der Waals surface area contributed by atoms with E-state index in [1.165, 1.54) is 19.3 Å². The first kappa shape index (κ1) is 26.2. The molecule has 7 rings (SSSR count). The largest absolute Gasteiger partial charge is 0.339 e. The molecule has 1 atom stereocenters. The van der Waals surface area contributed by atoms with E-state index >= 15 is 0 Å². The van der Waals surface area contributed by atoms with Crippen LogP contribution in [0.25, 0.3) is 11.5 Å². The summed E-state index contributed by atoms with van der Waals surface area (Å²) < 4.78 is 11.2. The molecule has 4 aliphatic rings. The topological polar surface area (TPSA) is 98.2 Å². The molecule has 0 N–H and O–H groups in total. The molecular formula is C31H41N5O3. The zero-order chi connectivity index (χ0) is 27.0. The maximum atomic E-state index is 14.2. The zero-order valence-corrected chi connectivity index (χ0v) is 23.6. The molecule has 4 saturated carbocycles. The van der Waals surface area contributed by atoms with Gasteiger partial charge in [-0.3, -0.25) is 4.79 Å². The molecule has 0 spiro atoms. The van der Waals surface area contributed by atoms with Crippen LogP contribution in [-0.4, -0.2) is 32.2 Å². The molecular weight excluding hydrogens is 490 g/mol. The molecule has 1 unspecified atom stereocenters. The van der Waals surface area contributed by atoms with Crippen LogP contribution in [0.3, 0.4) is 0 Å². The molecule has 2 heterocycles. The molecule has 4 aliphatic carbocycles. The lowest BCUT2D eigenvalue weighted by Crippen LogP contribution is -2.56. The summed E-state index contributed by atoms with van der Waals surface area (Å²) >= 11 is 0. The fourth-order valence-electron chi connectivity index (χ4n) is 7.57. The van der Waals surface area contributed by atoms with Crippen LogP contribution in [0.4, 0.5) is 5.69 Å².